The van der Waals surface area contributed by atoms with Gasteiger partial charge in [0, 0.05) is 35.3 Å². The third-order valence-electron chi connectivity index (χ3n) is 5.38. The number of nitrogens with zero attached hydrogens (tertiary/aromatic N) is 2. The first-order valence-corrected chi connectivity index (χ1v) is 9.78. The summed E-state index contributed by atoms with van der Waals surface area (Å²) in [6.45, 7) is 4.38. The van der Waals surface area contributed by atoms with Crippen molar-refractivity contribution in [2.24, 2.45) is 5.92 Å². The Bertz CT molecular complexity index is 1120. The minimum Gasteiger partial charge on any atom is -0.481 e. The van der Waals surface area contributed by atoms with Crippen molar-refractivity contribution >= 4 is 10.8 Å². The van der Waals surface area contributed by atoms with Crippen LogP contribution in [0.5, 0.6) is 5.88 Å². The maximum atomic E-state index is 14.2. The SMILES string of the molecule is COc1nc(-c2ccc3cccc(F)c3c2)ccc1C(Cc1ncc[nH]1)C(C)C. The van der Waals surface area contributed by atoms with Crippen LogP contribution in [0.3, 0.4) is 0 Å². The van der Waals surface area contributed by atoms with Gasteiger partial charge in [0.2, 0.25) is 5.88 Å². The van der Waals surface area contributed by atoms with E-state index in [9.17, 15) is 4.39 Å². The molecule has 0 saturated heterocycles. The quantitative estimate of drug-likeness (QED) is 0.456. The normalized spacial score (nSPS) is 12.4. The van der Waals surface area contributed by atoms with Crippen LogP contribution in [0.1, 0.15) is 31.2 Å². The molecule has 0 aliphatic carbocycles. The lowest BCUT2D eigenvalue weighted by molar-refractivity contribution is 0.377. The molecule has 0 saturated carbocycles. The number of fused-ring (bicyclic) bond motifs is 1. The Morgan fingerprint density at radius 1 is 1.10 bits per heavy atom. The average Bonchev–Trinajstić information content (AvgIpc) is 3.25. The van der Waals surface area contributed by atoms with E-state index in [-0.39, 0.29) is 11.7 Å². The second-order valence-electron chi connectivity index (χ2n) is 7.56. The van der Waals surface area contributed by atoms with Crippen molar-refractivity contribution in [1.29, 1.82) is 0 Å². The Morgan fingerprint density at radius 3 is 2.69 bits per heavy atom. The van der Waals surface area contributed by atoms with E-state index in [0.717, 1.165) is 34.5 Å². The van der Waals surface area contributed by atoms with Crippen LogP contribution >= 0.6 is 0 Å². The summed E-state index contributed by atoms with van der Waals surface area (Å²) in [4.78, 5) is 12.3. The number of aromatic nitrogens is 3. The van der Waals surface area contributed by atoms with Gasteiger partial charge in [-0.15, -0.1) is 0 Å². The van der Waals surface area contributed by atoms with E-state index in [4.69, 9.17) is 9.72 Å². The Labute approximate surface area is 169 Å². The number of hydrogen-bond donors (Lipinski definition) is 1. The van der Waals surface area contributed by atoms with Gasteiger partial charge in [0.1, 0.15) is 11.6 Å². The lowest BCUT2D eigenvalue weighted by Crippen LogP contribution is -2.13. The minimum atomic E-state index is -0.230. The molecular formula is C24H24FN3O. The summed E-state index contributed by atoms with van der Waals surface area (Å²) in [5.41, 5.74) is 2.67. The lowest BCUT2D eigenvalue weighted by atomic mass is 9.85. The van der Waals surface area contributed by atoms with E-state index in [1.165, 1.54) is 6.07 Å². The van der Waals surface area contributed by atoms with Crippen LogP contribution < -0.4 is 4.74 Å². The summed E-state index contributed by atoms with van der Waals surface area (Å²) in [7, 11) is 1.64. The lowest BCUT2D eigenvalue weighted by Gasteiger charge is -2.22. The predicted octanol–water partition coefficient (Wildman–Crippen LogP) is 5.75. The van der Waals surface area contributed by atoms with Gasteiger partial charge in [-0.05, 0) is 35.4 Å². The number of ether oxygens (including phenoxy) is 1. The van der Waals surface area contributed by atoms with Crippen LogP contribution in [0.4, 0.5) is 4.39 Å². The van der Waals surface area contributed by atoms with Gasteiger partial charge in [0.15, 0.2) is 0 Å². The maximum Gasteiger partial charge on any atom is 0.217 e. The third-order valence-corrected chi connectivity index (χ3v) is 5.38. The Kier molecular flexibility index (Phi) is 5.30. The molecule has 148 valence electrons. The molecular weight excluding hydrogens is 365 g/mol. The molecule has 2 aromatic carbocycles. The number of benzene rings is 2. The summed E-state index contributed by atoms with van der Waals surface area (Å²) in [6.07, 6.45) is 4.39. The van der Waals surface area contributed by atoms with E-state index in [1.807, 2.05) is 36.5 Å². The molecule has 0 radical (unpaired) electrons. The molecule has 29 heavy (non-hydrogen) atoms. The molecule has 0 bridgehead atoms. The molecule has 2 aromatic heterocycles. The summed E-state index contributed by atoms with van der Waals surface area (Å²) >= 11 is 0. The van der Waals surface area contributed by atoms with Gasteiger partial charge in [-0.2, -0.15) is 0 Å². The number of H-pyrrole nitrogens is 1. The summed E-state index contributed by atoms with van der Waals surface area (Å²) in [5.74, 6) is 1.91. The van der Waals surface area contributed by atoms with Crippen LogP contribution in [0.2, 0.25) is 0 Å². The molecule has 5 heteroatoms. The molecule has 0 spiro atoms. The van der Waals surface area contributed by atoms with Crippen molar-refractivity contribution in [3.63, 3.8) is 0 Å². The van der Waals surface area contributed by atoms with Crippen molar-refractivity contribution in [3.05, 3.63) is 78.1 Å². The number of nitrogens with one attached hydrogen (secondary N) is 1. The zero-order valence-corrected chi connectivity index (χ0v) is 16.8. The predicted molar refractivity (Wildman–Crippen MR) is 114 cm³/mol. The molecule has 4 aromatic rings. The van der Waals surface area contributed by atoms with Gasteiger partial charge in [0.25, 0.3) is 0 Å². The number of rotatable bonds is 6. The zero-order chi connectivity index (χ0) is 20.4. The fourth-order valence-corrected chi connectivity index (χ4v) is 3.77. The highest BCUT2D eigenvalue weighted by atomic mass is 19.1. The third kappa shape index (κ3) is 3.86. The molecule has 0 amide bonds. The highest BCUT2D eigenvalue weighted by molar-refractivity contribution is 5.87. The van der Waals surface area contributed by atoms with Crippen molar-refractivity contribution < 1.29 is 9.13 Å². The summed E-state index contributed by atoms with van der Waals surface area (Å²) in [6, 6.07) is 14.9. The van der Waals surface area contributed by atoms with Gasteiger partial charge in [-0.1, -0.05) is 44.2 Å². The highest BCUT2D eigenvalue weighted by Gasteiger charge is 2.23. The van der Waals surface area contributed by atoms with Gasteiger partial charge in [0.05, 0.1) is 12.8 Å². The van der Waals surface area contributed by atoms with Crippen LogP contribution in [0, 0.1) is 11.7 Å². The Morgan fingerprint density at radius 2 is 1.97 bits per heavy atom. The zero-order valence-electron chi connectivity index (χ0n) is 16.8. The Balaban J connectivity index is 1.73. The smallest absolute Gasteiger partial charge is 0.217 e. The number of halogens is 1. The molecule has 1 N–H and O–H groups in total. The monoisotopic (exact) mass is 389 g/mol. The van der Waals surface area contributed by atoms with E-state index in [0.29, 0.717) is 17.2 Å². The van der Waals surface area contributed by atoms with E-state index >= 15 is 0 Å². The molecule has 0 aliphatic heterocycles. The number of hydrogen-bond acceptors (Lipinski definition) is 3. The number of pyridine rings is 1. The topological polar surface area (TPSA) is 50.8 Å². The number of imidazole rings is 1. The molecule has 1 unspecified atom stereocenters. The maximum absolute atomic E-state index is 14.2. The fourth-order valence-electron chi connectivity index (χ4n) is 3.77. The molecule has 1 atom stereocenters. The molecule has 4 nitrogen and oxygen atoms in total. The minimum absolute atomic E-state index is 0.215. The van der Waals surface area contributed by atoms with Crippen molar-refractivity contribution in [1.82, 2.24) is 15.0 Å². The first-order valence-electron chi connectivity index (χ1n) is 9.78. The standard InChI is InChI=1S/C24H24FN3O/c1-15(2)19(14-23-26-11-12-27-23)18-9-10-22(28-24(18)29-3)17-8-7-16-5-4-6-21(25)20(16)13-17/h4-13,15,19H,14H2,1-3H3,(H,26,27). The van der Waals surface area contributed by atoms with Gasteiger partial charge in [-0.3, -0.25) is 0 Å². The van der Waals surface area contributed by atoms with Crippen molar-refractivity contribution in [2.75, 3.05) is 7.11 Å². The second-order valence-corrected chi connectivity index (χ2v) is 7.56. The van der Waals surface area contributed by atoms with Gasteiger partial charge < -0.3 is 9.72 Å². The Hall–Kier alpha value is -3.21. The van der Waals surface area contributed by atoms with Crippen LogP contribution in [0.25, 0.3) is 22.0 Å². The molecule has 4 rings (SSSR count). The first-order chi connectivity index (χ1) is 14.1. The number of aromatic amines is 1. The largest absolute Gasteiger partial charge is 0.481 e. The molecule has 0 fully saturated rings. The van der Waals surface area contributed by atoms with E-state index < -0.39 is 0 Å². The van der Waals surface area contributed by atoms with Crippen LogP contribution in [-0.2, 0) is 6.42 Å². The van der Waals surface area contributed by atoms with Gasteiger partial charge in [-0.25, -0.2) is 14.4 Å². The van der Waals surface area contributed by atoms with Crippen LogP contribution in [0.15, 0.2) is 60.9 Å². The van der Waals surface area contributed by atoms with E-state index in [2.05, 4.69) is 29.9 Å². The average molecular weight is 389 g/mol. The summed E-state index contributed by atoms with van der Waals surface area (Å²) < 4.78 is 19.9. The fraction of sp³-hybridized carbons (Fsp3) is 0.250. The van der Waals surface area contributed by atoms with E-state index in [1.54, 1.807) is 19.4 Å². The second kappa shape index (κ2) is 8.03. The van der Waals surface area contributed by atoms with Crippen molar-refractivity contribution in [3.8, 4) is 17.1 Å². The molecule has 0 aliphatic rings. The van der Waals surface area contributed by atoms with Gasteiger partial charge >= 0.3 is 0 Å². The highest BCUT2D eigenvalue weighted by Crippen LogP contribution is 2.35. The number of methoxy groups -OCH3 is 1. The van der Waals surface area contributed by atoms with Crippen LogP contribution in [-0.4, -0.2) is 22.1 Å². The molecule has 2 heterocycles. The summed E-state index contributed by atoms with van der Waals surface area (Å²) in [5, 5.41) is 1.46. The van der Waals surface area contributed by atoms with Crippen molar-refractivity contribution in [2.45, 2.75) is 26.2 Å². The first kappa shape index (κ1) is 19.1.